The van der Waals surface area contributed by atoms with E-state index in [2.05, 4.69) is 52.8 Å². The molecule has 1 aromatic carbocycles. The molecule has 2 heterocycles. The van der Waals surface area contributed by atoms with E-state index in [1.807, 2.05) is 6.20 Å². The monoisotopic (exact) mass is 225 g/mol. The molecule has 0 atom stereocenters. The lowest BCUT2D eigenvalue weighted by Crippen LogP contribution is -1.88. The van der Waals surface area contributed by atoms with E-state index in [0.29, 0.717) is 0 Å². The van der Waals surface area contributed by atoms with E-state index in [1.54, 1.807) is 11.3 Å². The zero-order valence-electron chi connectivity index (χ0n) is 8.76. The Hall–Kier alpha value is -1.67. The Kier molecular flexibility index (Phi) is 2.43. The van der Waals surface area contributed by atoms with E-state index in [0.717, 1.165) is 11.9 Å². The van der Waals surface area contributed by atoms with Crippen LogP contribution in [-0.4, -0.2) is 4.98 Å². The third-order valence-corrected chi connectivity index (χ3v) is 3.64. The molecule has 0 saturated carbocycles. The third-order valence-electron chi connectivity index (χ3n) is 2.66. The highest BCUT2D eigenvalue weighted by Gasteiger charge is 2.03. The van der Waals surface area contributed by atoms with Gasteiger partial charge in [-0.1, -0.05) is 30.3 Å². The summed E-state index contributed by atoms with van der Waals surface area (Å²) in [6, 6.07) is 14.8. The minimum Gasteiger partial charge on any atom is -0.255 e. The Bertz CT molecular complexity index is 598. The fourth-order valence-corrected chi connectivity index (χ4v) is 2.75. The van der Waals surface area contributed by atoms with E-state index < -0.39 is 0 Å². The number of thiophene rings is 1. The summed E-state index contributed by atoms with van der Waals surface area (Å²) < 4.78 is 1.31. The Balaban J connectivity index is 2.04. The first-order valence-corrected chi connectivity index (χ1v) is 6.16. The van der Waals surface area contributed by atoms with Gasteiger partial charge in [-0.2, -0.15) is 0 Å². The zero-order chi connectivity index (χ0) is 10.8. The van der Waals surface area contributed by atoms with E-state index in [9.17, 15) is 0 Å². The van der Waals surface area contributed by atoms with Crippen molar-refractivity contribution in [3.05, 3.63) is 65.2 Å². The van der Waals surface area contributed by atoms with Crippen LogP contribution in [0, 0.1) is 0 Å². The van der Waals surface area contributed by atoms with Crippen LogP contribution in [0.25, 0.3) is 10.2 Å². The number of hydrogen-bond acceptors (Lipinski definition) is 2. The van der Waals surface area contributed by atoms with Crippen LogP contribution in [0.5, 0.6) is 0 Å². The van der Waals surface area contributed by atoms with Gasteiger partial charge in [-0.3, -0.25) is 4.98 Å². The van der Waals surface area contributed by atoms with Gasteiger partial charge in [0.15, 0.2) is 0 Å². The molecule has 3 aromatic rings. The lowest BCUT2D eigenvalue weighted by molar-refractivity contribution is 1.20. The smallest absolute Gasteiger partial charge is 0.0812 e. The number of rotatable bonds is 2. The highest BCUT2D eigenvalue weighted by molar-refractivity contribution is 7.17. The van der Waals surface area contributed by atoms with Crippen LogP contribution in [0.1, 0.15) is 11.1 Å². The maximum atomic E-state index is 4.35. The summed E-state index contributed by atoms with van der Waals surface area (Å²) in [5, 5.41) is 2.10. The van der Waals surface area contributed by atoms with Crippen LogP contribution in [0.3, 0.4) is 0 Å². The van der Waals surface area contributed by atoms with Crippen molar-refractivity contribution >= 4 is 21.6 Å². The number of nitrogens with zero attached hydrogens (tertiary/aromatic N) is 1. The summed E-state index contributed by atoms with van der Waals surface area (Å²) in [5.41, 5.74) is 3.83. The fraction of sp³-hybridized carbons (Fsp3) is 0.0714. The first kappa shape index (κ1) is 9.55. The average molecular weight is 225 g/mol. The molecular weight excluding hydrogens is 214 g/mol. The molecule has 0 aliphatic heterocycles. The fourth-order valence-electron chi connectivity index (χ4n) is 1.88. The highest BCUT2D eigenvalue weighted by Crippen LogP contribution is 2.24. The summed E-state index contributed by atoms with van der Waals surface area (Å²) in [4.78, 5) is 4.35. The molecule has 0 spiro atoms. The van der Waals surface area contributed by atoms with Gasteiger partial charge < -0.3 is 0 Å². The van der Waals surface area contributed by atoms with Gasteiger partial charge in [0.25, 0.3) is 0 Å². The molecule has 0 N–H and O–H groups in total. The predicted octanol–water partition coefficient (Wildman–Crippen LogP) is 3.89. The van der Waals surface area contributed by atoms with Crippen molar-refractivity contribution in [1.82, 2.24) is 4.98 Å². The number of benzene rings is 1. The lowest BCUT2D eigenvalue weighted by atomic mass is 10.1. The molecule has 78 valence electrons. The van der Waals surface area contributed by atoms with Crippen LogP contribution < -0.4 is 0 Å². The van der Waals surface area contributed by atoms with Gasteiger partial charge >= 0.3 is 0 Å². The normalized spacial score (nSPS) is 10.8. The number of hydrogen-bond donors (Lipinski definition) is 0. The van der Waals surface area contributed by atoms with E-state index in [1.165, 1.54) is 15.8 Å². The summed E-state index contributed by atoms with van der Waals surface area (Å²) in [5.74, 6) is 0. The first-order chi connectivity index (χ1) is 7.93. The predicted molar refractivity (Wildman–Crippen MR) is 68.9 cm³/mol. The van der Waals surface area contributed by atoms with E-state index in [4.69, 9.17) is 0 Å². The summed E-state index contributed by atoms with van der Waals surface area (Å²) in [6.45, 7) is 0. The molecular formula is C14H11NS. The van der Waals surface area contributed by atoms with Gasteiger partial charge in [-0.05, 0) is 35.1 Å². The van der Waals surface area contributed by atoms with Crippen LogP contribution in [0.2, 0.25) is 0 Å². The van der Waals surface area contributed by atoms with Crippen LogP contribution in [0.15, 0.2) is 54.0 Å². The second-order valence-corrected chi connectivity index (χ2v) is 4.68. The van der Waals surface area contributed by atoms with Gasteiger partial charge in [0.1, 0.15) is 0 Å². The van der Waals surface area contributed by atoms with E-state index >= 15 is 0 Å². The number of aromatic nitrogens is 1. The van der Waals surface area contributed by atoms with Gasteiger partial charge in [0.2, 0.25) is 0 Å². The second kappa shape index (κ2) is 4.06. The Morgan fingerprint density at radius 2 is 1.88 bits per heavy atom. The molecule has 0 fully saturated rings. The highest BCUT2D eigenvalue weighted by atomic mass is 32.1. The Labute approximate surface area is 98.4 Å². The SMILES string of the molecule is c1ccc(Cc2ccnc3ccsc23)cc1. The summed E-state index contributed by atoms with van der Waals surface area (Å²) in [7, 11) is 0. The molecule has 2 aromatic heterocycles. The molecule has 0 radical (unpaired) electrons. The molecule has 0 bridgehead atoms. The quantitative estimate of drug-likeness (QED) is 0.645. The first-order valence-electron chi connectivity index (χ1n) is 5.28. The van der Waals surface area contributed by atoms with Gasteiger partial charge in [0.05, 0.1) is 10.2 Å². The number of fused-ring (bicyclic) bond motifs is 1. The molecule has 0 aliphatic rings. The van der Waals surface area contributed by atoms with Crippen molar-refractivity contribution in [1.29, 1.82) is 0 Å². The van der Waals surface area contributed by atoms with Gasteiger partial charge in [0, 0.05) is 6.20 Å². The third kappa shape index (κ3) is 1.72. The standard InChI is InChI=1S/C14H11NS/c1-2-4-11(5-3-1)10-12-6-8-15-13-7-9-16-14(12)13/h1-9H,10H2. The maximum Gasteiger partial charge on any atom is 0.0812 e. The van der Waals surface area contributed by atoms with Crippen LogP contribution in [0.4, 0.5) is 0 Å². The largest absolute Gasteiger partial charge is 0.255 e. The van der Waals surface area contributed by atoms with Crippen molar-refractivity contribution in [2.75, 3.05) is 0 Å². The Morgan fingerprint density at radius 1 is 1.00 bits per heavy atom. The van der Waals surface area contributed by atoms with Crippen molar-refractivity contribution in [2.45, 2.75) is 6.42 Å². The van der Waals surface area contributed by atoms with Crippen molar-refractivity contribution in [3.63, 3.8) is 0 Å². The summed E-state index contributed by atoms with van der Waals surface area (Å²) >= 11 is 1.77. The maximum absolute atomic E-state index is 4.35. The molecule has 0 saturated heterocycles. The van der Waals surface area contributed by atoms with Crippen LogP contribution >= 0.6 is 11.3 Å². The second-order valence-electron chi connectivity index (χ2n) is 3.77. The minimum atomic E-state index is 0.986. The van der Waals surface area contributed by atoms with Gasteiger partial charge in [-0.15, -0.1) is 11.3 Å². The van der Waals surface area contributed by atoms with Crippen molar-refractivity contribution < 1.29 is 0 Å². The minimum absolute atomic E-state index is 0.986. The molecule has 0 amide bonds. The molecule has 1 nitrogen and oxygen atoms in total. The van der Waals surface area contributed by atoms with Crippen LogP contribution in [-0.2, 0) is 6.42 Å². The Morgan fingerprint density at radius 3 is 2.75 bits per heavy atom. The zero-order valence-corrected chi connectivity index (χ0v) is 9.58. The number of pyridine rings is 1. The van der Waals surface area contributed by atoms with Gasteiger partial charge in [-0.25, -0.2) is 0 Å². The molecule has 3 rings (SSSR count). The average Bonchev–Trinajstić information content (AvgIpc) is 2.80. The van der Waals surface area contributed by atoms with Crippen molar-refractivity contribution in [3.8, 4) is 0 Å². The molecule has 2 heteroatoms. The molecule has 0 aliphatic carbocycles. The molecule has 0 unspecified atom stereocenters. The van der Waals surface area contributed by atoms with Crippen molar-refractivity contribution in [2.24, 2.45) is 0 Å². The topological polar surface area (TPSA) is 12.9 Å². The van der Waals surface area contributed by atoms with E-state index in [-0.39, 0.29) is 0 Å². The summed E-state index contributed by atoms with van der Waals surface area (Å²) in [6.07, 6.45) is 2.88. The molecule has 16 heavy (non-hydrogen) atoms. The lowest BCUT2D eigenvalue weighted by Gasteiger charge is -2.02.